The van der Waals surface area contributed by atoms with Gasteiger partial charge in [-0.05, 0) is 35.3 Å². The summed E-state index contributed by atoms with van der Waals surface area (Å²) >= 11 is 0. The fraction of sp³-hybridized carbons (Fsp3) is 0.400. The molecule has 0 aromatic carbocycles. The highest BCUT2D eigenvalue weighted by atomic mass is 19.3. The van der Waals surface area contributed by atoms with Crippen LogP contribution in [0.3, 0.4) is 0 Å². The number of carbonyl (C=O) groups is 1. The van der Waals surface area contributed by atoms with Crippen LogP contribution in [0.15, 0.2) is 53.9 Å². The number of carbonyl (C=O) groups excluding carboxylic acids is 1. The second-order valence-corrected chi connectivity index (χ2v) is 6.39. The van der Waals surface area contributed by atoms with Gasteiger partial charge >= 0.3 is 0 Å². The second kappa shape index (κ2) is 10.1. The zero-order chi connectivity index (χ0) is 19.7. The Kier molecular flexibility index (Phi) is 7.82. The molecule has 2 N–H and O–H groups in total. The van der Waals surface area contributed by atoms with Crippen LogP contribution in [-0.4, -0.2) is 59.6 Å². The number of aliphatic hydroxyl groups is 1. The van der Waals surface area contributed by atoms with Crippen LogP contribution in [0.2, 0.25) is 0 Å². The summed E-state index contributed by atoms with van der Waals surface area (Å²) in [6.07, 6.45) is 11.1. The first kappa shape index (κ1) is 20.9. The van der Waals surface area contributed by atoms with Crippen LogP contribution in [0, 0.1) is 0 Å². The Labute approximate surface area is 158 Å². The number of amides is 1. The van der Waals surface area contributed by atoms with Gasteiger partial charge in [0.2, 0.25) is 5.91 Å². The van der Waals surface area contributed by atoms with Crippen molar-refractivity contribution in [3.8, 4) is 0 Å². The zero-order valence-corrected chi connectivity index (χ0v) is 15.4. The number of hydrogen-bond acceptors (Lipinski definition) is 4. The fourth-order valence-electron chi connectivity index (χ4n) is 2.85. The standard InChI is InChI=1S/C20H25F2N3O2/c1-2-4-17-12-25(14-20(21,22)15-26)13-18(17)8-10-24-19(27)7-6-16-5-3-9-23-11-16/h3-9,11,26H,2,10,12-15H2,1H3,(H,24,27)/b7-6+,17-4-,18-8-. The maximum atomic E-state index is 13.4. The molecule has 0 radical (unpaired) electrons. The molecule has 2 heterocycles. The Bertz CT molecular complexity index is 715. The third-order valence-corrected chi connectivity index (χ3v) is 4.07. The first-order valence-corrected chi connectivity index (χ1v) is 8.89. The van der Waals surface area contributed by atoms with Gasteiger partial charge in [-0.25, -0.2) is 8.78 Å². The molecule has 146 valence electrons. The number of allylic oxidation sites excluding steroid dienone is 1. The number of alkyl halides is 2. The molecule has 1 aromatic heterocycles. The molecule has 1 fully saturated rings. The van der Waals surface area contributed by atoms with Crippen LogP contribution in [-0.2, 0) is 4.79 Å². The normalized spacial score (nSPS) is 18.7. The topological polar surface area (TPSA) is 65.5 Å². The second-order valence-electron chi connectivity index (χ2n) is 6.39. The van der Waals surface area contributed by atoms with Gasteiger partial charge in [-0.2, -0.15) is 0 Å². The van der Waals surface area contributed by atoms with E-state index in [1.807, 2.05) is 25.1 Å². The van der Waals surface area contributed by atoms with Gasteiger partial charge < -0.3 is 10.4 Å². The summed E-state index contributed by atoms with van der Waals surface area (Å²) in [4.78, 5) is 17.5. The first-order chi connectivity index (χ1) is 12.9. The molecule has 0 spiro atoms. The van der Waals surface area contributed by atoms with Gasteiger partial charge in [0.25, 0.3) is 5.92 Å². The van der Waals surface area contributed by atoms with Gasteiger partial charge in [0.1, 0.15) is 6.61 Å². The van der Waals surface area contributed by atoms with Crippen molar-refractivity contribution in [2.24, 2.45) is 0 Å². The van der Waals surface area contributed by atoms with E-state index in [1.54, 1.807) is 29.4 Å². The van der Waals surface area contributed by atoms with Crippen molar-refractivity contribution in [3.05, 3.63) is 59.5 Å². The van der Waals surface area contributed by atoms with E-state index in [9.17, 15) is 13.6 Å². The number of rotatable bonds is 8. The number of likely N-dealkylation sites (tertiary alicyclic amines) is 1. The molecular weight excluding hydrogens is 352 g/mol. The van der Waals surface area contributed by atoms with E-state index >= 15 is 0 Å². The molecule has 1 aromatic rings. The third kappa shape index (κ3) is 7.03. The number of pyridine rings is 1. The largest absolute Gasteiger partial charge is 0.390 e. The zero-order valence-electron chi connectivity index (χ0n) is 15.4. The van der Waals surface area contributed by atoms with Crippen LogP contribution in [0.4, 0.5) is 8.78 Å². The Balaban J connectivity index is 1.91. The molecule has 0 unspecified atom stereocenters. The van der Waals surface area contributed by atoms with E-state index in [4.69, 9.17) is 5.11 Å². The van der Waals surface area contributed by atoms with E-state index < -0.39 is 19.1 Å². The van der Waals surface area contributed by atoms with E-state index in [1.165, 1.54) is 6.08 Å². The lowest BCUT2D eigenvalue weighted by atomic mass is 10.1. The minimum Gasteiger partial charge on any atom is -0.390 e. The summed E-state index contributed by atoms with van der Waals surface area (Å²) in [5.74, 6) is -3.35. The van der Waals surface area contributed by atoms with Crippen molar-refractivity contribution in [2.45, 2.75) is 19.3 Å². The molecule has 1 aliphatic heterocycles. The van der Waals surface area contributed by atoms with Crippen molar-refractivity contribution < 1.29 is 18.7 Å². The molecule has 2 rings (SSSR count). The third-order valence-electron chi connectivity index (χ3n) is 4.07. The van der Waals surface area contributed by atoms with Crippen LogP contribution in [0.25, 0.3) is 6.08 Å². The van der Waals surface area contributed by atoms with Crippen LogP contribution in [0.1, 0.15) is 18.9 Å². The first-order valence-electron chi connectivity index (χ1n) is 8.89. The molecule has 0 aliphatic carbocycles. The lowest BCUT2D eigenvalue weighted by Crippen LogP contribution is -2.37. The van der Waals surface area contributed by atoms with Crippen molar-refractivity contribution in [3.63, 3.8) is 0 Å². The molecule has 1 aliphatic rings. The quantitative estimate of drug-likeness (QED) is 0.683. The average Bonchev–Trinajstić information content (AvgIpc) is 3.02. The van der Waals surface area contributed by atoms with Gasteiger partial charge in [-0.3, -0.25) is 14.7 Å². The molecule has 1 saturated heterocycles. The summed E-state index contributed by atoms with van der Waals surface area (Å²) in [6, 6.07) is 3.63. The van der Waals surface area contributed by atoms with Gasteiger partial charge in [-0.15, -0.1) is 0 Å². The molecule has 0 saturated carbocycles. The van der Waals surface area contributed by atoms with E-state index in [-0.39, 0.29) is 5.91 Å². The molecule has 0 bridgehead atoms. The summed E-state index contributed by atoms with van der Waals surface area (Å²) in [6.45, 7) is 1.46. The van der Waals surface area contributed by atoms with Crippen LogP contribution >= 0.6 is 0 Å². The summed E-state index contributed by atoms with van der Waals surface area (Å²) in [7, 11) is 0. The van der Waals surface area contributed by atoms with E-state index in [0.29, 0.717) is 19.6 Å². The minimum atomic E-state index is -3.11. The van der Waals surface area contributed by atoms with Crippen LogP contribution < -0.4 is 5.32 Å². The number of aliphatic hydroxyl groups excluding tert-OH is 1. The van der Waals surface area contributed by atoms with Gasteiger partial charge in [0, 0.05) is 38.1 Å². The SMILES string of the molecule is CC/C=C1/CN(CC(F)(F)CO)C/C1=C/CNC(=O)/C=C/c1cccnc1. The Morgan fingerprint density at radius 3 is 2.74 bits per heavy atom. The number of halogens is 2. The highest BCUT2D eigenvalue weighted by Crippen LogP contribution is 2.25. The highest BCUT2D eigenvalue weighted by Gasteiger charge is 2.33. The average molecular weight is 377 g/mol. The van der Waals surface area contributed by atoms with Crippen molar-refractivity contribution >= 4 is 12.0 Å². The molecular formula is C20H25F2N3O2. The Morgan fingerprint density at radius 2 is 2.11 bits per heavy atom. The van der Waals surface area contributed by atoms with Crippen LogP contribution in [0.5, 0.6) is 0 Å². The lowest BCUT2D eigenvalue weighted by Gasteiger charge is -2.20. The maximum absolute atomic E-state index is 13.4. The summed E-state index contributed by atoms with van der Waals surface area (Å²) < 4.78 is 26.9. The predicted molar refractivity (Wildman–Crippen MR) is 101 cm³/mol. The molecule has 7 heteroatoms. The summed E-state index contributed by atoms with van der Waals surface area (Å²) in [5, 5.41) is 11.5. The van der Waals surface area contributed by atoms with Crippen molar-refractivity contribution in [1.29, 1.82) is 0 Å². The smallest absolute Gasteiger partial charge is 0.283 e. The van der Waals surface area contributed by atoms with E-state index in [0.717, 1.165) is 23.1 Å². The van der Waals surface area contributed by atoms with Crippen molar-refractivity contribution in [2.75, 3.05) is 32.8 Å². The van der Waals surface area contributed by atoms with Crippen molar-refractivity contribution in [1.82, 2.24) is 15.2 Å². The Morgan fingerprint density at radius 1 is 1.37 bits per heavy atom. The van der Waals surface area contributed by atoms with Gasteiger partial charge in [0.05, 0.1) is 6.54 Å². The lowest BCUT2D eigenvalue weighted by molar-refractivity contribution is -0.116. The molecule has 27 heavy (non-hydrogen) atoms. The molecule has 1 amide bonds. The highest BCUT2D eigenvalue weighted by molar-refractivity contribution is 5.91. The number of hydrogen-bond donors (Lipinski definition) is 2. The van der Waals surface area contributed by atoms with Gasteiger partial charge in [-0.1, -0.05) is 25.1 Å². The molecule has 0 atom stereocenters. The summed E-state index contributed by atoms with van der Waals surface area (Å²) in [5.41, 5.74) is 2.75. The number of nitrogens with one attached hydrogen (secondary N) is 1. The van der Waals surface area contributed by atoms with E-state index in [2.05, 4.69) is 10.3 Å². The Hall–Kier alpha value is -2.38. The predicted octanol–water partition coefficient (Wildman–Crippen LogP) is 2.42. The van der Waals surface area contributed by atoms with Gasteiger partial charge in [0.15, 0.2) is 0 Å². The minimum absolute atomic E-state index is 0.238. The fourth-order valence-corrected chi connectivity index (χ4v) is 2.85. The monoisotopic (exact) mass is 377 g/mol. The number of aromatic nitrogens is 1. The molecule has 5 nitrogen and oxygen atoms in total. The number of nitrogens with zero attached hydrogens (tertiary/aromatic N) is 2. The maximum Gasteiger partial charge on any atom is 0.283 e.